The fraction of sp³-hybridized carbons (Fsp3) is 0.600. The number of hydrogen-bond acceptors (Lipinski definition) is 5. The third-order valence-electron chi connectivity index (χ3n) is 2.58. The predicted octanol–water partition coefficient (Wildman–Crippen LogP) is 0.532. The quantitative estimate of drug-likeness (QED) is 0.768. The molecule has 0 bridgehead atoms. The summed E-state index contributed by atoms with van der Waals surface area (Å²) in [4.78, 5) is 10.3. The summed E-state index contributed by atoms with van der Waals surface area (Å²) >= 11 is 0. The fourth-order valence-corrected chi connectivity index (χ4v) is 1.69. The van der Waals surface area contributed by atoms with Crippen LogP contribution in [0.15, 0.2) is 12.4 Å². The molecule has 0 radical (unpaired) electrons. The van der Waals surface area contributed by atoms with Gasteiger partial charge in [0, 0.05) is 13.1 Å². The van der Waals surface area contributed by atoms with E-state index in [2.05, 4.69) is 21.9 Å². The Morgan fingerprint density at radius 1 is 1.40 bits per heavy atom. The van der Waals surface area contributed by atoms with Crippen molar-refractivity contribution in [2.75, 3.05) is 25.9 Å². The number of ether oxygens (including phenoxy) is 1. The van der Waals surface area contributed by atoms with Crippen LogP contribution in [0.4, 0.5) is 5.82 Å². The van der Waals surface area contributed by atoms with Crippen LogP contribution in [0, 0.1) is 0 Å². The molecule has 2 N–H and O–H groups in total. The third-order valence-corrected chi connectivity index (χ3v) is 2.58. The normalized spacial score (nSPS) is 19.0. The molecule has 82 valence electrons. The first kappa shape index (κ1) is 10.2. The molecule has 1 aliphatic heterocycles. The second-order valence-corrected chi connectivity index (χ2v) is 3.90. The minimum absolute atomic E-state index is 0.247. The summed E-state index contributed by atoms with van der Waals surface area (Å²) < 4.78 is 5.70. The van der Waals surface area contributed by atoms with Crippen LogP contribution in [0.25, 0.3) is 0 Å². The van der Waals surface area contributed by atoms with Gasteiger partial charge in [0.25, 0.3) is 0 Å². The average molecular weight is 208 g/mol. The van der Waals surface area contributed by atoms with Crippen LogP contribution >= 0.6 is 0 Å². The molecule has 5 heteroatoms. The van der Waals surface area contributed by atoms with Gasteiger partial charge in [-0.25, -0.2) is 0 Å². The van der Waals surface area contributed by atoms with Crippen LogP contribution in [0.5, 0.6) is 5.88 Å². The molecule has 0 atom stereocenters. The molecule has 0 amide bonds. The molecular weight excluding hydrogens is 192 g/mol. The van der Waals surface area contributed by atoms with Crippen LogP contribution in [0.3, 0.4) is 0 Å². The van der Waals surface area contributed by atoms with Crippen molar-refractivity contribution < 1.29 is 4.74 Å². The Morgan fingerprint density at radius 3 is 2.80 bits per heavy atom. The molecule has 1 aromatic heterocycles. The van der Waals surface area contributed by atoms with E-state index < -0.39 is 0 Å². The van der Waals surface area contributed by atoms with Crippen molar-refractivity contribution in [3.63, 3.8) is 0 Å². The Hall–Kier alpha value is -1.36. The Kier molecular flexibility index (Phi) is 3.01. The number of anilines is 1. The van der Waals surface area contributed by atoms with Crippen LogP contribution in [0.1, 0.15) is 12.8 Å². The third kappa shape index (κ3) is 2.79. The molecule has 15 heavy (non-hydrogen) atoms. The zero-order valence-corrected chi connectivity index (χ0v) is 8.89. The van der Waals surface area contributed by atoms with E-state index in [9.17, 15) is 0 Å². The van der Waals surface area contributed by atoms with E-state index in [0.29, 0.717) is 11.7 Å². The van der Waals surface area contributed by atoms with E-state index in [0.717, 1.165) is 25.9 Å². The van der Waals surface area contributed by atoms with Crippen molar-refractivity contribution in [3.8, 4) is 5.88 Å². The number of likely N-dealkylation sites (tertiary alicyclic amines) is 1. The van der Waals surface area contributed by atoms with Gasteiger partial charge in [0.05, 0.1) is 12.4 Å². The van der Waals surface area contributed by atoms with Gasteiger partial charge in [0.15, 0.2) is 0 Å². The molecule has 5 nitrogen and oxygen atoms in total. The van der Waals surface area contributed by atoms with E-state index in [1.54, 1.807) is 6.20 Å². The maximum atomic E-state index is 5.70. The van der Waals surface area contributed by atoms with Crippen LogP contribution in [0.2, 0.25) is 0 Å². The first-order valence-electron chi connectivity index (χ1n) is 5.17. The van der Waals surface area contributed by atoms with Crippen molar-refractivity contribution in [2.45, 2.75) is 18.9 Å². The predicted molar refractivity (Wildman–Crippen MR) is 57.6 cm³/mol. The zero-order chi connectivity index (χ0) is 10.7. The lowest BCUT2D eigenvalue weighted by molar-refractivity contribution is 0.110. The van der Waals surface area contributed by atoms with Crippen molar-refractivity contribution in [3.05, 3.63) is 12.4 Å². The Morgan fingerprint density at radius 2 is 2.13 bits per heavy atom. The highest BCUT2D eigenvalue weighted by Gasteiger charge is 2.18. The lowest BCUT2D eigenvalue weighted by atomic mass is 10.1. The van der Waals surface area contributed by atoms with Crippen molar-refractivity contribution in [2.24, 2.45) is 0 Å². The average Bonchev–Trinajstić information content (AvgIpc) is 2.22. The minimum Gasteiger partial charge on any atom is -0.473 e. The molecule has 0 unspecified atom stereocenters. The van der Waals surface area contributed by atoms with Gasteiger partial charge in [0.2, 0.25) is 5.88 Å². The standard InChI is InChI=1S/C10H16N4O/c1-14-4-2-8(3-5-14)15-10-7-12-6-9(11)13-10/h6-8H,2-5H2,1H3,(H2,11,13). The molecule has 0 aromatic carbocycles. The lowest BCUT2D eigenvalue weighted by Gasteiger charge is -2.28. The molecule has 0 saturated carbocycles. The summed E-state index contributed by atoms with van der Waals surface area (Å²) in [7, 11) is 2.12. The maximum absolute atomic E-state index is 5.70. The first-order valence-corrected chi connectivity index (χ1v) is 5.17. The van der Waals surface area contributed by atoms with Gasteiger partial charge in [-0.15, -0.1) is 0 Å². The number of rotatable bonds is 2. The number of nitrogens with zero attached hydrogens (tertiary/aromatic N) is 3. The first-order chi connectivity index (χ1) is 7.24. The van der Waals surface area contributed by atoms with Gasteiger partial charge in [0.1, 0.15) is 11.9 Å². The second-order valence-electron chi connectivity index (χ2n) is 3.90. The molecule has 1 fully saturated rings. The second kappa shape index (κ2) is 4.44. The summed E-state index contributed by atoms with van der Waals surface area (Å²) in [5.74, 6) is 0.935. The van der Waals surface area contributed by atoms with E-state index in [4.69, 9.17) is 10.5 Å². The number of nitrogen functional groups attached to an aromatic ring is 1. The monoisotopic (exact) mass is 208 g/mol. The van der Waals surface area contributed by atoms with E-state index in [-0.39, 0.29) is 6.10 Å². The number of hydrogen-bond donors (Lipinski definition) is 1. The Labute approximate surface area is 89.3 Å². The SMILES string of the molecule is CN1CCC(Oc2cncc(N)n2)CC1. The largest absolute Gasteiger partial charge is 0.473 e. The van der Waals surface area contributed by atoms with Crippen LogP contribution in [-0.2, 0) is 0 Å². The topological polar surface area (TPSA) is 64.3 Å². The Balaban J connectivity index is 1.92. The molecule has 0 spiro atoms. The van der Waals surface area contributed by atoms with Crippen molar-refractivity contribution in [1.82, 2.24) is 14.9 Å². The zero-order valence-electron chi connectivity index (χ0n) is 8.89. The molecule has 1 aliphatic rings. The minimum atomic E-state index is 0.247. The number of aromatic nitrogens is 2. The van der Waals surface area contributed by atoms with Gasteiger partial charge < -0.3 is 15.4 Å². The smallest absolute Gasteiger partial charge is 0.234 e. The lowest BCUT2D eigenvalue weighted by Crippen LogP contribution is -2.35. The fourth-order valence-electron chi connectivity index (χ4n) is 1.69. The summed E-state index contributed by atoms with van der Waals surface area (Å²) in [6, 6.07) is 0. The molecule has 2 rings (SSSR count). The molecule has 0 aliphatic carbocycles. The van der Waals surface area contributed by atoms with Gasteiger partial charge in [-0.3, -0.25) is 4.98 Å². The van der Waals surface area contributed by atoms with Crippen LogP contribution in [-0.4, -0.2) is 41.1 Å². The molecule has 2 heterocycles. The van der Waals surface area contributed by atoms with E-state index in [1.807, 2.05) is 0 Å². The summed E-state index contributed by atoms with van der Waals surface area (Å²) in [5.41, 5.74) is 5.52. The van der Waals surface area contributed by atoms with Crippen molar-refractivity contribution in [1.29, 1.82) is 0 Å². The molecular formula is C10H16N4O. The highest BCUT2D eigenvalue weighted by Crippen LogP contribution is 2.16. The van der Waals surface area contributed by atoms with Gasteiger partial charge in [-0.1, -0.05) is 0 Å². The van der Waals surface area contributed by atoms with Gasteiger partial charge in [-0.05, 0) is 19.9 Å². The molecule has 1 saturated heterocycles. The summed E-state index contributed by atoms with van der Waals surface area (Å²) in [6.45, 7) is 2.14. The summed E-state index contributed by atoms with van der Waals surface area (Å²) in [5, 5.41) is 0. The highest BCUT2D eigenvalue weighted by molar-refractivity contribution is 5.26. The molecule has 1 aromatic rings. The summed E-state index contributed by atoms with van der Waals surface area (Å²) in [6.07, 6.45) is 5.44. The maximum Gasteiger partial charge on any atom is 0.234 e. The number of piperidine rings is 1. The van der Waals surface area contributed by atoms with E-state index in [1.165, 1.54) is 6.20 Å². The van der Waals surface area contributed by atoms with Gasteiger partial charge in [-0.2, -0.15) is 4.98 Å². The highest BCUT2D eigenvalue weighted by atomic mass is 16.5. The van der Waals surface area contributed by atoms with E-state index >= 15 is 0 Å². The van der Waals surface area contributed by atoms with Gasteiger partial charge >= 0.3 is 0 Å². The van der Waals surface area contributed by atoms with Crippen LogP contribution < -0.4 is 10.5 Å². The van der Waals surface area contributed by atoms with Crippen molar-refractivity contribution >= 4 is 5.82 Å². The number of nitrogens with two attached hydrogens (primary N) is 1. The Bertz CT molecular complexity index is 323.